The molecule has 0 aliphatic heterocycles. The van der Waals surface area contributed by atoms with Gasteiger partial charge in [-0.05, 0) is 12.3 Å². The average molecular weight is 345 g/mol. The Labute approximate surface area is 144 Å². The number of alkyl carbamates (subject to hydrolysis) is 1. The van der Waals surface area contributed by atoms with Gasteiger partial charge >= 0.3 is 18.0 Å². The van der Waals surface area contributed by atoms with Crippen molar-refractivity contribution in [2.24, 2.45) is 17.8 Å². The zero-order valence-corrected chi connectivity index (χ0v) is 15.6. The molecule has 7 heteroatoms. The van der Waals surface area contributed by atoms with Crippen LogP contribution in [0, 0.1) is 17.8 Å². The first kappa shape index (κ1) is 22.2. The fourth-order valence-electron chi connectivity index (χ4n) is 1.60. The van der Waals surface area contributed by atoms with Gasteiger partial charge in [0.05, 0.1) is 5.92 Å². The molecule has 0 fully saturated rings. The minimum atomic E-state index is -0.985. The SMILES string of the molecule is CC(C)CCCC(=O)OCNC(=O)O[C@H](OC(=O)C(C)C)C(C)C. The van der Waals surface area contributed by atoms with E-state index >= 15 is 0 Å². The lowest BCUT2D eigenvalue weighted by Crippen LogP contribution is -2.36. The van der Waals surface area contributed by atoms with Crippen molar-refractivity contribution in [3.63, 3.8) is 0 Å². The zero-order valence-electron chi connectivity index (χ0n) is 15.6. The van der Waals surface area contributed by atoms with Gasteiger partial charge in [-0.3, -0.25) is 14.9 Å². The van der Waals surface area contributed by atoms with E-state index in [-0.39, 0.29) is 24.5 Å². The predicted octanol–water partition coefficient (Wildman–Crippen LogP) is 3.22. The maximum Gasteiger partial charge on any atom is 0.412 e. The van der Waals surface area contributed by atoms with Gasteiger partial charge in [-0.15, -0.1) is 0 Å². The summed E-state index contributed by atoms with van der Waals surface area (Å²) in [5, 5.41) is 2.31. The van der Waals surface area contributed by atoms with Crippen LogP contribution in [0.4, 0.5) is 4.79 Å². The average Bonchev–Trinajstić information content (AvgIpc) is 2.45. The molecule has 0 spiro atoms. The highest BCUT2D eigenvalue weighted by Crippen LogP contribution is 2.11. The highest BCUT2D eigenvalue weighted by Gasteiger charge is 2.24. The highest BCUT2D eigenvalue weighted by molar-refractivity contribution is 5.72. The van der Waals surface area contributed by atoms with Gasteiger partial charge in [0.2, 0.25) is 0 Å². The maximum atomic E-state index is 11.7. The van der Waals surface area contributed by atoms with E-state index in [2.05, 4.69) is 19.2 Å². The molecular formula is C17H31NO6. The van der Waals surface area contributed by atoms with Crippen LogP contribution in [-0.4, -0.2) is 31.1 Å². The van der Waals surface area contributed by atoms with Crippen LogP contribution >= 0.6 is 0 Å². The Balaban J connectivity index is 4.08. The van der Waals surface area contributed by atoms with E-state index < -0.39 is 18.4 Å². The Bertz CT molecular complexity index is 406. The topological polar surface area (TPSA) is 90.9 Å². The minimum Gasteiger partial charge on any atom is -0.444 e. The van der Waals surface area contributed by atoms with Gasteiger partial charge < -0.3 is 14.2 Å². The van der Waals surface area contributed by atoms with Crippen molar-refractivity contribution < 1.29 is 28.6 Å². The summed E-state index contributed by atoms with van der Waals surface area (Å²) in [5.74, 6) is -0.796. The van der Waals surface area contributed by atoms with Gasteiger partial charge in [0.15, 0.2) is 6.73 Å². The first-order valence-electron chi connectivity index (χ1n) is 8.44. The first-order valence-corrected chi connectivity index (χ1v) is 8.44. The Morgan fingerprint density at radius 3 is 2.08 bits per heavy atom. The number of carbonyl (C=O) groups excluding carboxylic acids is 3. The Morgan fingerprint density at radius 1 is 0.958 bits per heavy atom. The smallest absolute Gasteiger partial charge is 0.412 e. The van der Waals surface area contributed by atoms with Crippen molar-refractivity contribution >= 4 is 18.0 Å². The van der Waals surface area contributed by atoms with Crippen LogP contribution in [0.1, 0.15) is 60.8 Å². The van der Waals surface area contributed by atoms with E-state index in [1.54, 1.807) is 27.7 Å². The number of hydrogen-bond acceptors (Lipinski definition) is 6. The third kappa shape index (κ3) is 10.9. The van der Waals surface area contributed by atoms with Crippen LogP contribution in [0.5, 0.6) is 0 Å². The largest absolute Gasteiger partial charge is 0.444 e. The molecule has 0 saturated carbocycles. The summed E-state index contributed by atoms with van der Waals surface area (Å²) >= 11 is 0. The second kappa shape index (κ2) is 11.7. The molecule has 0 aromatic rings. The van der Waals surface area contributed by atoms with Crippen molar-refractivity contribution in [3.8, 4) is 0 Å². The van der Waals surface area contributed by atoms with E-state index in [1.807, 2.05) is 0 Å². The lowest BCUT2D eigenvalue weighted by Gasteiger charge is -2.22. The monoisotopic (exact) mass is 345 g/mol. The Morgan fingerprint density at radius 2 is 1.58 bits per heavy atom. The lowest BCUT2D eigenvalue weighted by atomic mass is 10.1. The molecule has 0 unspecified atom stereocenters. The van der Waals surface area contributed by atoms with E-state index in [4.69, 9.17) is 14.2 Å². The molecule has 140 valence electrons. The second-order valence-corrected chi connectivity index (χ2v) is 6.73. The molecule has 1 amide bonds. The number of rotatable bonds is 10. The maximum absolute atomic E-state index is 11.7. The van der Waals surface area contributed by atoms with E-state index in [0.717, 1.165) is 12.8 Å². The number of amides is 1. The minimum absolute atomic E-state index is 0.197. The van der Waals surface area contributed by atoms with Gasteiger partial charge in [0, 0.05) is 12.3 Å². The second-order valence-electron chi connectivity index (χ2n) is 6.73. The fourth-order valence-corrected chi connectivity index (χ4v) is 1.60. The van der Waals surface area contributed by atoms with Crippen molar-refractivity contribution in [2.75, 3.05) is 6.73 Å². The molecule has 0 aliphatic carbocycles. The summed E-state index contributed by atoms with van der Waals surface area (Å²) in [4.78, 5) is 34.7. The molecule has 1 N–H and O–H groups in total. The molecule has 0 radical (unpaired) electrons. The molecule has 0 saturated heterocycles. The molecule has 1 atom stereocenters. The molecule has 0 aromatic carbocycles. The third-order valence-electron chi connectivity index (χ3n) is 3.08. The van der Waals surface area contributed by atoms with Crippen molar-refractivity contribution in [3.05, 3.63) is 0 Å². The summed E-state index contributed by atoms with van der Waals surface area (Å²) < 4.78 is 15.1. The van der Waals surface area contributed by atoms with Crippen molar-refractivity contribution in [2.45, 2.75) is 67.1 Å². The van der Waals surface area contributed by atoms with Gasteiger partial charge in [-0.2, -0.15) is 0 Å². The zero-order chi connectivity index (χ0) is 18.7. The van der Waals surface area contributed by atoms with Gasteiger partial charge in [-0.25, -0.2) is 4.79 Å². The molecule has 0 rings (SSSR count). The van der Waals surface area contributed by atoms with Crippen LogP contribution in [0.25, 0.3) is 0 Å². The van der Waals surface area contributed by atoms with E-state index in [1.165, 1.54) is 0 Å². The lowest BCUT2D eigenvalue weighted by molar-refractivity contribution is -0.178. The van der Waals surface area contributed by atoms with Crippen molar-refractivity contribution in [1.82, 2.24) is 5.32 Å². The van der Waals surface area contributed by atoms with Crippen LogP contribution in [-0.2, 0) is 23.8 Å². The normalized spacial score (nSPS) is 12.2. The number of esters is 2. The van der Waals surface area contributed by atoms with Crippen LogP contribution in [0.3, 0.4) is 0 Å². The molecule has 0 aliphatic rings. The molecule has 0 heterocycles. The summed E-state index contributed by atoms with van der Waals surface area (Å²) in [5.41, 5.74) is 0. The van der Waals surface area contributed by atoms with E-state index in [9.17, 15) is 14.4 Å². The number of nitrogens with one attached hydrogen (secondary N) is 1. The van der Waals surface area contributed by atoms with Gasteiger partial charge in [-0.1, -0.05) is 48.0 Å². The Hall–Kier alpha value is -1.79. The molecule has 0 aromatic heterocycles. The van der Waals surface area contributed by atoms with Crippen LogP contribution in [0.15, 0.2) is 0 Å². The Kier molecular flexibility index (Phi) is 10.8. The summed E-state index contributed by atoms with van der Waals surface area (Å²) in [6, 6.07) is 0. The molecule has 7 nitrogen and oxygen atoms in total. The standard InChI is InChI=1S/C17H31NO6/c1-11(2)8-7-9-14(19)22-10-18-17(21)24-16(13(5)6)23-15(20)12(3)4/h11-13,16H,7-10H2,1-6H3,(H,18,21)/t16-/m0/s1. The molecule has 0 bridgehead atoms. The first-order chi connectivity index (χ1) is 11.1. The number of carbonyl (C=O) groups is 3. The molecule has 24 heavy (non-hydrogen) atoms. The summed E-state index contributed by atoms with van der Waals surface area (Å²) in [6.07, 6.45) is 0.223. The van der Waals surface area contributed by atoms with Crippen LogP contribution < -0.4 is 5.32 Å². The van der Waals surface area contributed by atoms with Gasteiger partial charge in [0.25, 0.3) is 6.29 Å². The predicted molar refractivity (Wildman–Crippen MR) is 88.8 cm³/mol. The van der Waals surface area contributed by atoms with Gasteiger partial charge in [0.1, 0.15) is 0 Å². The summed E-state index contributed by atoms with van der Waals surface area (Å²) in [7, 11) is 0. The number of hydrogen-bond donors (Lipinski definition) is 1. The van der Waals surface area contributed by atoms with E-state index in [0.29, 0.717) is 12.3 Å². The summed E-state index contributed by atoms with van der Waals surface area (Å²) in [6.45, 7) is 10.8. The highest BCUT2D eigenvalue weighted by atomic mass is 16.7. The van der Waals surface area contributed by atoms with Crippen LogP contribution in [0.2, 0.25) is 0 Å². The molecular weight excluding hydrogens is 314 g/mol. The van der Waals surface area contributed by atoms with Crippen molar-refractivity contribution in [1.29, 1.82) is 0 Å². The fraction of sp³-hybridized carbons (Fsp3) is 0.824. The third-order valence-corrected chi connectivity index (χ3v) is 3.08. The number of ether oxygens (including phenoxy) is 3. The quantitative estimate of drug-likeness (QED) is 0.483.